The van der Waals surface area contributed by atoms with E-state index in [2.05, 4.69) is 60.4 Å². The highest BCUT2D eigenvalue weighted by atomic mass is 16.5. The smallest absolute Gasteiger partial charge is 0.340 e. The number of carbonyl (C=O) groups is 1. The Morgan fingerprint density at radius 3 is 2.62 bits per heavy atom. The molecule has 0 radical (unpaired) electrons. The van der Waals surface area contributed by atoms with Crippen LogP contribution in [0, 0.1) is 0 Å². The third-order valence-electron chi connectivity index (χ3n) is 6.54. The van der Waals surface area contributed by atoms with Crippen LogP contribution in [-0.2, 0) is 16.0 Å². The minimum absolute atomic E-state index is 0.396. The topological polar surface area (TPSA) is 111 Å². The molecule has 0 bridgehead atoms. The molecule has 1 saturated heterocycles. The van der Waals surface area contributed by atoms with Crippen molar-refractivity contribution in [2.75, 3.05) is 38.3 Å². The number of anilines is 1. The molecule has 5 aromatic rings. The van der Waals surface area contributed by atoms with Crippen LogP contribution in [0.3, 0.4) is 0 Å². The molecule has 1 N–H and O–H groups in total. The number of methoxy groups -OCH3 is 1. The number of para-hydroxylation sites is 1. The zero-order valence-corrected chi connectivity index (χ0v) is 20.3. The van der Waals surface area contributed by atoms with Gasteiger partial charge in [-0.1, -0.05) is 48.5 Å². The van der Waals surface area contributed by atoms with Gasteiger partial charge in [0.2, 0.25) is 11.8 Å². The fourth-order valence-electron chi connectivity index (χ4n) is 4.81. The molecule has 1 aliphatic rings. The summed E-state index contributed by atoms with van der Waals surface area (Å²) in [5.41, 5.74) is 5.89. The molecule has 10 nitrogen and oxygen atoms in total. The monoisotopic (exact) mass is 495 g/mol. The molecule has 3 heterocycles. The summed E-state index contributed by atoms with van der Waals surface area (Å²) in [6.45, 7) is 3.18. The van der Waals surface area contributed by atoms with Crippen molar-refractivity contribution in [1.29, 1.82) is 0 Å². The molecule has 0 atom stereocenters. The number of aromatic amines is 1. The van der Waals surface area contributed by atoms with E-state index in [-0.39, 0.29) is 0 Å². The van der Waals surface area contributed by atoms with Crippen molar-refractivity contribution < 1.29 is 14.3 Å². The van der Waals surface area contributed by atoms with Crippen molar-refractivity contribution in [2.24, 2.45) is 0 Å². The molecule has 0 unspecified atom stereocenters. The van der Waals surface area contributed by atoms with E-state index >= 15 is 0 Å². The number of aromatic nitrogens is 6. The van der Waals surface area contributed by atoms with Gasteiger partial charge in [-0.05, 0) is 40.1 Å². The van der Waals surface area contributed by atoms with Crippen LogP contribution in [0.25, 0.3) is 33.5 Å². The van der Waals surface area contributed by atoms with E-state index in [1.165, 1.54) is 7.11 Å². The quantitative estimate of drug-likeness (QED) is 0.356. The Morgan fingerprint density at radius 1 is 1.03 bits per heavy atom. The molecule has 186 valence electrons. The Hall–Kier alpha value is -4.57. The minimum atomic E-state index is -0.396. The molecule has 2 aromatic heterocycles. The van der Waals surface area contributed by atoms with Crippen molar-refractivity contribution in [2.45, 2.75) is 6.54 Å². The number of nitrogens with one attached hydrogen (secondary N) is 1. The molecular weight excluding hydrogens is 470 g/mol. The number of nitrogens with zero attached hydrogens (tertiary/aromatic N) is 6. The van der Waals surface area contributed by atoms with E-state index in [4.69, 9.17) is 14.5 Å². The van der Waals surface area contributed by atoms with E-state index in [0.717, 1.165) is 52.3 Å². The van der Waals surface area contributed by atoms with Crippen LogP contribution in [0.1, 0.15) is 15.9 Å². The van der Waals surface area contributed by atoms with Crippen LogP contribution in [0.4, 0.5) is 5.95 Å². The Balaban J connectivity index is 1.50. The Bertz CT molecular complexity index is 1540. The number of ether oxygens (including phenoxy) is 2. The lowest BCUT2D eigenvalue weighted by atomic mass is 9.97. The van der Waals surface area contributed by atoms with Gasteiger partial charge in [-0.15, -0.1) is 10.2 Å². The molecule has 0 aliphatic carbocycles. The fourth-order valence-corrected chi connectivity index (χ4v) is 4.81. The number of hydrogen-bond acceptors (Lipinski definition) is 8. The predicted octanol–water partition coefficient (Wildman–Crippen LogP) is 3.55. The highest BCUT2D eigenvalue weighted by Crippen LogP contribution is 2.33. The molecule has 0 amide bonds. The number of fused-ring (bicyclic) bond motifs is 1. The second kappa shape index (κ2) is 9.82. The molecule has 0 saturated carbocycles. The number of tetrazole rings is 1. The van der Waals surface area contributed by atoms with E-state index in [0.29, 0.717) is 31.1 Å². The van der Waals surface area contributed by atoms with Crippen molar-refractivity contribution in [1.82, 2.24) is 30.2 Å². The first kappa shape index (κ1) is 22.9. The van der Waals surface area contributed by atoms with Crippen molar-refractivity contribution >= 4 is 23.0 Å². The van der Waals surface area contributed by atoms with Gasteiger partial charge in [-0.2, -0.15) is 5.21 Å². The molecule has 6 rings (SSSR count). The van der Waals surface area contributed by atoms with Crippen LogP contribution >= 0.6 is 0 Å². The zero-order chi connectivity index (χ0) is 25.2. The van der Waals surface area contributed by atoms with E-state index in [1.807, 2.05) is 30.3 Å². The first-order valence-electron chi connectivity index (χ1n) is 12.1. The Labute approximate surface area is 212 Å². The second-order valence-corrected chi connectivity index (χ2v) is 8.74. The molecule has 1 aliphatic heterocycles. The predicted molar refractivity (Wildman–Crippen MR) is 138 cm³/mol. The van der Waals surface area contributed by atoms with Crippen LogP contribution in [0.15, 0.2) is 66.7 Å². The summed E-state index contributed by atoms with van der Waals surface area (Å²) in [6.07, 6.45) is 0. The summed E-state index contributed by atoms with van der Waals surface area (Å²) < 4.78 is 12.8. The summed E-state index contributed by atoms with van der Waals surface area (Å²) in [5, 5.41) is 14.8. The second-order valence-electron chi connectivity index (χ2n) is 8.74. The lowest BCUT2D eigenvalue weighted by molar-refractivity contribution is 0.0602. The fraction of sp³-hybridized carbons (Fsp3) is 0.222. The molecule has 0 spiro atoms. The Kier molecular flexibility index (Phi) is 6.07. The summed E-state index contributed by atoms with van der Waals surface area (Å²) in [6, 6.07) is 21.9. The molecule has 37 heavy (non-hydrogen) atoms. The van der Waals surface area contributed by atoms with Gasteiger partial charge < -0.3 is 18.9 Å². The summed E-state index contributed by atoms with van der Waals surface area (Å²) in [7, 11) is 1.39. The number of benzene rings is 3. The molecule has 3 aromatic carbocycles. The first-order valence-corrected chi connectivity index (χ1v) is 12.1. The molecule has 10 heteroatoms. The van der Waals surface area contributed by atoms with Crippen molar-refractivity contribution in [3.8, 4) is 22.5 Å². The average molecular weight is 496 g/mol. The minimum Gasteiger partial charge on any atom is -0.465 e. The van der Waals surface area contributed by atoms with Gasteiger partial charge in [0.1, 0.15) is 0 Å². The number of rotatable bonds is 6. The number of hydrogen-bond donors (Lipinski definition) is 1. The van der Waals surface area contributed by atoms with Crippen molar-refractivity contribution in [3.05, 3.63) is 77.9 Å². The highest BCUT2D eigenvalue weighted by molar-refractivity contribution is 6.03. The summed E-state index contributed by atoms with van der Waals surface area (Å²) in [4.78, 5) is 19.8. The third-order valence-corrected chi connectivity index (χ3v) is 6.54. The summed E-state index contributed by atoms with van der Waals surface area (Å²) in [5.74, 6) is 0.912. The SMILES string of the molecule is COC(=O)c1cccc2nc(N3CCOCC3)n(Cc3ccc(-c4ccccc4)c(-c4nn[nH]n4)c3)c12. The molecular formula is C27H25N7O3. The van der Waals surface area contributed by atoms with Crippen LogP contribution in [0.5, 0.6) is 0 Å². The largest absolute Gasteiger partial charge is 0.465 e. The number of esters is 1. The maximum absolute atomic E-state index is 12.7. The van der Waals surface area contributed by atoms with Gasteiger partial charge in [-0.3, -0.25) is 0 Å². The van der Waals surface area contributed by atoms with Crippen LogP contribution in [-0.4, -0.2) is 69.6 Å². The summed E-state index contributed by atoms with van der Waals surface area (Å²) >= 11 is 0. The van der Waals surface area contributed by atoms with Gasteiger partial charge in [0.25, 0.3) is 0 Å². The van der Waals surface area contributed by atoms with Gasteiger partial charge in [0, 0.05) is 18.7 Å². The van der Waals surface area contributed by atoms with E-state index in [1.54, 1.807) is 6.07 Å². The first-order chi connectivity index (χ1) is 18.2. The average Bonchev–Trinajstić information content (AvgIpc) is 3.62. The lowest BCUT2D eigenvalue weighted by Crippen LogP contribution is -2.38. The van der Waals surface area contributed by atoms with Gasteiger partial charge in [0.05, 0.1) is 43.5 Å². The number of morpholine rings is 1. The standard InChI is InChI=1S/C27H25N7O3/c1-36-26(35)21-8-5-9-23-24(21)34(27(28-23)33-12-14-37-15-13-33)17-18-10-11-20(19-6-3-2-4-7-19)22(16-18)25-29-31-32-30-25/h2-11,16H,12-15,17H2,1H3,(H,29,30,31,32). The van der Waals surface area contributed by atoms with E-state index in [9.17, 15) is 4.79 Å². The highest BCUT2D eigenvalue weighted by Gasteiger charge is 2.24. The molecule has 1 fully saturated rings. The Morgan fingerprint density at radius 2 is 1.86 bits per heavy atom. The maximum atomic E-state index is 12.7. The van der Waals surface area contributed by atoms with Crippen LogP contribution in [0.2, 0.25) is 0 Å². The van der Waals surface area contributed by atoms with Gasteiger partial charge in [0.15, 0.2) is 0 Å². The zero-order valence-electron chi connectivity index (χ0n) is 20.3. The number of H-pyrrole nitrogens is 1. The van der Waals surface area contributed by atoms with Crippen LogP contribution < -0.4 is 4.90 Å². The maximum Gasteiger partial charge on any atom is 0.340 e. The van der Waals surface area contributed by atoms with Gasteiger partial charge >= 0.3 is 5.97 Å². The van der Waals surface area contributed by atoms with Gasteiger partial charge in [-0.25, -0.2) is 9.78 Å². The van der Waals surface area contributed by atoms with E-state index < -0.39 is 5.97 Å². The van der Waals surface area contributed by atoms with Crippen molar-refractivity contribution in [3.63, 3.8) is 0 Å². The number of carbonyl (C=O) groups excluding carboxylic acids is 1. The third kappa shape index (κ3) is 4.31. The normalized spacial score (nSPS) is 13.7. The lowest BCUT2D eigenvalue weighted by Gasteiger charge is -2.28. The number of imidazole rings is 1.